The molecule has 0 bridgehead atoms. The molecule has 0 atom stereocenters. The molecule has 0 saturated heterocycles. The van der Waals surface area contributed by atoms with Gasteiger partial charge in [0.05, 0.1) is 21.1 Å². The lowest BCUT2D eigenvalue weighted by Crippen LogP contribution is -2.34. The van der Waals surface area contributed by atoms with Crippen molar-refractivity contribution in [1.29, 1.82) is 0 Å². The van der Waals surface area contributed by atoms with Gasteiger partial charge in [0.2, 0.25) is 0 Å². The fraction of sp³-hybridized carbons (Fsp3) is 0.611. The topological polar surface area (TPSA) is 17.1 Å². The van der Waals surface area contributed by atoms with Gasteiger partial charge >= 0.3 is 0 Å². The summed E-state index contributed by atoms with van der Waals surface area (Å²) in [5.41, 5.74) is 1.34. The van der Waals surface area contributed by atoms with Crippen molar-refractivity contribution in [2.24, 2.45) is 11.8 Å². The van der Waals surface area contributed by atoms with Gasteiger partial charge in [-0.05, 0) is 24.0 Å². The van der Waals surface area contributed by atoms with Gasteiger partial charge in [0, 0.05) is 12.8 Å². The molecule has 0 aliphatic rings. The Hall–Kier alpha value is -1.15. The van der Waals surface area contributed by atoms with Crippen molar-refractivity contribution in [3.05, 3.63) is 30.3 Å². The molecular weight excluding hydrogens is 246 g/mol. The highest BCUT2D eigenvalue weighted by Gasteiger charge is 2.09. The van der Waals surface area contributed by atoms with Crippen molar-refractivity contribution < 1.29 is 4.79 Å². The standard InChI is InChI=1S/C9H14N.C9H18O/c1-10(2,3)9-7-5-4-6-8-9;1-7(2)5-9(10)6-8(3)4/h4-8H,1-3H3;7-8H,5-6H2,1-4H3/q+1;. The first-order valence-electron chi connectivity index (χ1n) is 7.51. The van der Waals surface area contributed by atoms with Gasteiger partial charge in [0.1, 0.15) is 11.5 Å². The smallest absolute Gasteiger partial charge is 0.133 e. The quantitative estimate of drug-likeness (QED) is 0.723. The van der Waals surface area contributed by atoms with Crippen molar-refractivity contribution in [2.75, 3.05) is 21.1 Å². The molecule has 0 radical (unpaired) electrons. The van der Waals surface area contributed by atoms with Crippen LogP contribution in [0.5, 0.6) is 0 Å². The van der Waals surface area contributed by atoms with Gasteiger partial charge in [0.15, 0.2) is 0 Å². The minimum atomic E-state index is 0.407. The summed E-state index contributed by atoms with van der Waals surface area (Å²) in [5.74, 6) is 1.45. The van der Waals surface area contributed by atoms with E-state index in [1.807, 2.05) is 6.07 Å². The summed E-state index contributed by atoms with van der Waals surface area (Å²) in [5, 5.41) is 0. The summed E-state index contributed by atoms with van der Waals surface area (Å²) in [4.78, 5) is 11.1. The number of benzene rings is 1. The molecule has 0 aliphatic carbocycles. The zero-order valence-electron chi connectivity index (χ0n) is 14.3. The molecule has 1 rings (SSSR count). The monoisotopic (exact) mass is 278 g/mol. The number of Topliss-reactive ketones (excluding diaryl/α,β-unsaturated/α-hetero) is 1. The van der Waals surface area contributed by atoms with E-state index in [2.05, 4.69) is 73.1 Å². The van der Waals surface area contributed by atoms with Crippen LogP contribution in [0.4, 0.5) is 5.69 Å². The Kier molecular flexibility index (Phi) is 8.40. The van der Waals surface area contributed by atoms with Crippen LogP contribution in [0, 0.1) is 11.8 Å². The highest BCUT2D eigenvalue weighted by atomic mass is 16.1. The van der Waals surface area contributed by atoms with E-state index in [-0.39, 0.29) is 0 Å². The predicted molar refractivity (Wildman–Crippen MR) is 89.9 cm³/mol. The zero-order chi connectivity index (χ0) is 15.8. The Balaban J connectivity index is 0.000000361. The maximum Gasteiger partial charge on any atom is 0.133 e. The van der Waals surface area contributed by atoms with Crippen LogP contribution in [-0.2, 0) is 4.79 Å². The molecule has 0 spiro atoms. The number of para-hydroxylation sites is 1. The Morgan fingerprint density at radius 2 is 1.30 bits per heavy atom. The molecule has 2 heteroatoms. The lowest BCUT2D eigenvalue weighted by atomic mass is 10.00. The molecule has 0 saturated carbocycles. The number of hydrogen-bond acceptors (Lipinski definition) is 1. The van der Waals surface area contributed by atoms with Gasteiger partial charge in [-0.3, -0.25) is 9.28 Å². The van der Waals surface area contributed by atoms with Crippen LogP contribution in [0.15, 0.2) is 30.3 Å². The van der Waals surface area contributed by atoms with E-state index < -0.39 is 0 Å². The van der Waals surface area contributed by atoms with Crippen LogP contribution < -0.4 is 4.48 Å². The van der Waals surface area contributed by atoms with Gasteiger partial charge in [-0.15, -0.1) is 0 Å². The first-order valence-corrected chi connectivity index (χ1v) is 7.51. The third kappa shape index (κ3) is 9.74. The Bertz CT molecular complexity index is 362. The minimum Gasteiger partial charge on any atom is -0.300 e. The summed E-state index contributed by atoms with van der Waals surface area (Å²) in [6.07, 6.45) is 1.50. The molecule has 0 amide bonds. The van der Waals surface area contributed by atoms with Crippen molar-refractivity contribution >= 4 is 11.5 Å². The van der Waals surface area contributed by atoms with E-state index in [4.69, 9.17) is 0 Å². The maximum absolute atomic E-state index is 11.1. The van der Waals surface area contributed by atoms with Crippen LogP contribution in [0.1, 0.15) is 40.5 Å². The molecule has 20 heavy (non-hydrogen) atoms. The van der Waals surface area contributed by atoms with E-state index >= 15 is 0 Å². The largest absolute Gasteiger partial charge is 0.300 e. The fourth-order valence-corrected chi connectivity index (χ4v) is 1.87. The average Bonchev–Trinajstić information content (AvgIpc) is 2.27. The Morgan fingerprint density at radius 3 is 1.55 bits per heavy atom. The normalized spacial score (nSPS) is 11.2. The van der Waals surface area contributed by atoms with E-state index in [0.29, 0.717) is 17.6 Å². The first kappa shape index (κ1) is 18.9. The molecule has 0 heterocycles. The highest BCUT2D eigenvalue weighted by Crippen LogP contribution is 2.14. The molecule has 0 unspecified atom stereocenters. The SMILES string of the molecule is CC(C)CC(=O)CC(C)C.C[N+](C)(C)c1ccccc1. The van der Waals surface area contributed by atoms with Crippen LogP contribution >= 0.6 is 0 Å². The zero-order valence-corrected chi connectivity index (χ0v) is 14.3. The van der Waals surface area contributed by atoms with Gasteiger partial charge < -0.3 is 0 Å². The van der Waals surface area contributed by atoms with Gasteiger partial charge in [-0.1, -0.05) is 45.9 Å². The third-order valence-electron chi connectivity index (χ3n) is 2.80. The average molecular weight is 278 g/mol. The molecule has 2 nitrogen and oxygen atoms in total. The van der Waals surface area contributed by atoms with Gasteiger partial charge in [-0.25, -0.2) is 0 Å². The molecule has 114 valence electrons. The summed E-state index contributed by atoms with van der Waals surface area (Å²) >= 11 is 0. The highest BCUT2D eigenvalue weighted by molar-refractivity contribution is 5.78. The summed E-state index contributed by atoms with van der Waals surface area (Å²) < 4.78 is 0.890. The van der Waals surface area contributed by atoms with Crippen molar-refractivity contribution in [3.63, 3.8) is 0 Å². The number of hydrogen-bond donors (Lipinski definition) is 0. The number of carbonyl (C=O) groups is 1. The molecule has 0 fully saturated rings. The summed E-state index contributed by atoms with van der Waals surface area (Å²) in [7, 11) is 6.49. The second-order valence-electron chi connectivity index (χ2n) is 7.08. The Morgan fingerprint density at radius 1 is 0.900 bits per heavy atom. The molecule has 1 aromatic carbocycles. The van der Waals surface area contributed by atoms with E-state index in [1.165, 1.54) is 5.69 Å². The van der Waals surface area contributed by atoms with Crippen LogP contribution in [0.25, 0.3) is 0 Å². The lowest BCUT2D eigenvalue weighted by molar-refractivity contribution is -0.120. The van der Waals surface area contributed by atoms with Crippen molar-refractivity contribution in [3.8, 4) is 0 Å². The molecule has 0 aliphatic heterocycles. The molecule has 0 aromatic heterocycles. The number of carbonyl (C=O) groups excluding carboxylic acids is 1. The van der Waals surface area contributed by atoms with Crippen molar-refractivity contribution in [2.45, 2.75) is 40.5 Å². The van der Waals surface area contributed by atoms with E-state index in [0.717, 1.165) is 17.3 Å². The third-order valence-corrected chi connectivity index (χ3v) is 2.80. The fourth-order valence-electron chi connectivity index (χ4n) is 1.87. The minimum absolute atomic E-state index is 0.407. The maximum atomic E-state index is 11.1. The Labute approximate surface area is 125 Å². The van der Waals surface area contributed by atoms with Gasteiger partial charge in [0.25, 0.3) is 0 Å². The summed E-state index contributed by atoms with van der Waals surface area (Å²) in [6.45, 7) is 8.33. The van der Waals surface area contributed by atoms with Crippen molar-refractivity contribution in [1.82, 2.24) is 4.48 Å². The number of quaternary nitrogens is 1. The number of nitrogens with zero attached hydrogens (tertiary/aromatic N) is 1. The van der Waals surface area contributed by atoms with Crippen LogP contribution in [-0.4, -0.2) is 26.9 Å². The number of ketones is 1. The predicted octanol–water partition coefficient (Wildman–Crippen LogP) is 4.53. The molecule has 1 aromatic rings. The lowest BCUT2D eigenvalue weighted by Gasteiger charge is -2.22. The van der Waals surface area contributed by atoms with E-state index in [9.17, 15) is 4.79 Å². The van der Waals surface area contributed by atoms with Gasteiger partial charge in [-0.2, -0.15) is 0 Å². The molecular formula is C18H32NO+. The first-order chi connectivity index (χ1) is 9.12. The van der Waals surface area contributed by atoms with Crippen LogP contribution in [0.3, 0.4) is 0 Å². The second kappa shape index (κ2) is 8.91. The molecule has 0 N–H and O–H groups in total. The summed E-state index contributed by atoms with van der Waals surface area (Å²) in [6, 6.07) is 10.5. The van der Waals surface area contributed by atoms with E-state index in [1.54, 1.807) is 0 Å². The second-order valence-corrected chi connectivity index (χ2v) is 7.08. The van der Waals surface area contributed by atoms with Crippen LogP contribution in [0.2, 0.25) is 0 Å². The number of rotatable bonds is 5.